The molecule has 0 aromatic heterocycles. The van der Waals surface area contributed by atoms with Gasteiger partial charge in [-0.2, -0.15) is 0 Å². The van der Waals surface area contributed by atoms with Gasteiger partial charge in [0.15, 0.2) is 5.57 Å². The first kappa shape index (κ1) is 18.4. The first-order chi connectivity index (χ1) is 11.0. The van der Waals surface area contributed by atoms with Gasteiger partial charge in [-0.3, -0.25) is 0 Å². The Labute approximate surface area is 134 Å². The molecular weight excluding hydrogens is 301 g/mol. The molecule has 0 unspecified atom stereocenters. The Morgan fingerprint density at radius 1 is 1.09 bits per heavy atom. The Kier molecular flexibility index (Phi) is 7.53. The third-order valence-corrected chi connectivity index (χ3v) is 2.81. The number of benzene rings is 1. The van der Waals surface area contributed by atoms with Gasteiger partial charge in [0.25, 0.3) is 0 Å². The fourth-order valence-electron chi connectivity index (χ4n) is 1.73. The predicted octanol–water partition coefficient (Wildman–Crippen LogP) is 2.79. The van der Waals surface area contributed by atoms with Crippen LogP contribution in [0.15, 0.2) is 42.1 Å². The maximum absolute atomic E-state index is 13.0. The lowest BCUT2D eigenvalue weighted by molar-refractivity contribution is -0.146. The summed E-state index contributed by atoms with van der Waals surface area (Å²) in [4.78, 5) is 23.7. The van der Waals surface area contributed by atoms with Crippen LogP contribution in [0.4, 0.5) is 4.39 Å². The second-order valence-electron chi connectivity index (χ2n) is 4.35. The van der Waals surface area contributed by atoms with Gasteiger partial charge in [-0.1, -0.05) is 18.2 Å². The topological polar surface area (TPSA) is 64.6 Å². The second kappa shape index (κ2) is 9.40. The van der Waals surface area contributed by atoms with Gasteiger partial charge < -0.3 is 14.8 Å². The van der Waals surface area contributed by atoms with Crippen LogP contribution in [0.2, 0.25) is 0 Å². The van der Waals surface area contributed by atoms with Gasteiger partial charge in [-0.25, -0.2) is 14.0 Å². The minimum atomic E-state index is -0.770. The smallest absolute Gasteiger partial charge is 0.347 e. The molecule has 0 aliphatic rings. The van der Waals surface area contributed by atoms with E-state index in [2.05, 4.69) is 5.32 Å². The van der Waals surface area contributed by atoms with E-state index in [1.165, 1.54) is 18.3 Å². The van der Waals surface area contributed by atoms with Crippen molar-refractivity contribution in [2.24, 2.45) is 0 Å². The normalized spacial score (nSPS) is 10.7. The van der Waals surface area contributed by atoms with Gasteiger partial charge in [0.1, 0.15) is 5.82 Å². The number of esters is 2. The summed E-state index contributed by atoms with van der Waals surface area (Å²) in [5.74, 6) is -1.89. The monoisotopic (exact) mass is 321 g/mol. The van der Waals surface area contributed by atoms with Crippen LogP contribution in [0.3, 0.4) is 0 Å². The first-order valence-corrected chi connectivity index (χ1v) is 7.26. The van der Waals surface area contributed by atoms with Crippen LogP contribution < -0.4 is 5.32 Å². The van der Waals surface area contributed by atoms with Gasteiger partial charge in [0, 0.05) is 11.9 Å². The van der Waals surface area contributed by atoms with E-state index in [1.807, 2.05) is 0 Å². The SMILES string of the molecule is CC=C(NC=C(C(=O)OCC)C(=O)OCC)c1ccc(F)cc1. The number of ether oxygens (including phenoxy) is 2. The van der Waals surface area contributed by atoms with Crippen LogP contribution in [0, 0.1) is 5.82 Å². The summed E-state index contributed by atoms with van der Waals surface area (Å²) in [5, 5.41) is 2.86. The van der Waals surface area contributed by atoms with E-state index in [4.69, 9.17) is 9.47 Å². The minimum absolute atomic E-state index is 0.143. The van der Waals surface area contributed by atoms with Crippen LogP contribution in [0.25, 0.3) is 5.70 Å². The molecule has 124 valence electrons. The molecule has 0 aliphatic carbocycles. The van der Waals surface area contributed by atoms with E-state index in [1.54, 1.807) is 39.0 Å². The molecule has 0 aliphatic heterocycles. The number of allylic oxidation sites excluding steroid dienone is 1. The van der Waals surface area contributed by atoms with E-state index in [0.29, 0.717) is 11.3 Å². The molecule has 0 heterocycles. The number of carbonyl (C=O) groups is 2. The van der Waals surface area contributed by atoms with Crippen molar-refractivity contribution in [2.45, 2.75) is 20.8 Å². The van der Waals surface area contributed by atoms with E-state index in [-0.39, 0.29) is 24.6 Å². The molecule has 0 amide bonds. The Hall–Kier alpha value is -2.63. The fourth-order valence-corrected chi connectivity index (χ4v) is 1.73. The van der Waals surface area contributed by atoms with Crippen molar-refractivity contribution in [2.75, 3.05) is 13.2 Å². The van der Waals surface area contributed by atoms with Crippen LogP contribution in [-0.4, -0.2) is 25.2 Å². The minimum Gasteiger partial charge on any atom is -0.462 e. The summed E-state index contributed by atoms with van der Waals surface area (Å²) < 4.78 is 22.7. The van der Waals surface area contributed by atoms with E-state index < -0.39 is 11.9 Å². The molecule has 23 heavy (non-hydrogen) atoms. The van der Waals surface area contributed by atoms with Crippen LogP contribution in [0.5, 0.6) is 0 Å². The fraction of sp³-hybridized carbons (Fsp3) is 0.294. The molecule has 5 nitrogen and oxygen atoms in total. The highest BCUT2D eigenvalue weighted by molar-refractivity contribution is 6.14. The lowest BCUT2D eigenvalue weighted by atomic mass is 10.1. The molecular formula is C17H20FNO4. The number of nitrogens with one attached hydrogen (secondary N) is 1. The van der Waals surface area contributed by atoms with Gasteiger partial charge in [-0.05, 0) is 38.5 Å². The zero-order valence-corrected chi connectivity index (χ0v) is 13.4. The molecule has 1 aromatic carbocycles. The summed E-state index contributed by atoms with van der Waals surface area (Å²) in [6.07, 6.45) is 2.96. The second-order valence-corrected chi connectivity index (χ2v) is 4.35. The highest BCUT2D eigenvalue weighted by atomic mass is 19.1. The molecule has 1 rings (SSSR count). The molecule has 0 radical (unpaired) electrons. The standard InChI is InChI=1S/C17H20FNO4/c1-4-15(12-7-9-13(18)10-8-12)19-11-14(16(20)22-5-2)17(21)23-6-3/h4,7-11,19H,5-6H2,1-3H3. The van der Waals surface area contributed by atoms with Crippen molar-refractivity contribution >= 4 is 17.6 Å². The van der Waals surface area contributed by atoms with Crippen molar-refractivity contribution in [1.29, 1.82) is 0 Å². The third kappa shape index (κ3) is 5.58. The number of hydrogen-bond acceptors (Lipinski definition) is 5. The number of hydrogen-bond donors (Lipinski definition) is 1. The van der Waals surface area contributed by atoms with E-state index >= 15 is 0 Å². The predicted molar refractivity (Wildman–Crippen MR) is 84.5 cm³/mol. The van der Waals surface area contributed by atoms with E-state index in [0.717, 1.165) is 0 Å². The molecule has 1 N–H and O–H groups in total. The Balaban J connectivity index is 2.99. The maximum Gasteiger partial charge on any atom is 0.347 e. The van der Waals surface area contributed by atoms with Crippen molar-refractivity contribution in [3.8, 4) is 0 Å². The summed E-state index contributed by atoms with van der Waals surface area (Å²) in [7, 11) is 0. The summed E-state index contributed by atoms with van der Waals surface area (Å²) >= 11 is 0. The Morgan fingerprint density at radius 2 is 1.61 bits per heavy atom. The molecule has 1 aromatic rings. The molecule has 0 atom stereocenters. The van der Waals surface area contributed by atoms with Gasteiger partial charge >= 0.3 is 11.9 Å². The summed E-state index contributed by atoms with van der Waals surface area (Å²) in [6, 6.07) is 5.81. The highest BCUT2D eigenvalue weighted by Gasteiger charge is 2.21. The summed E-state index contributed by atoms with van der Waals surface area (Å²) in [6.45, 7) is 5.34. The molecule has 0 saturated heterocycles. The number of rotatable bonds is 7. The molecule has 0 fully saturated rings. The van der Waals surface area contributed by atoms with Crippen LogP contribution >= 0.6 is 0 Å². The van der Waals surface area contributed by atoms with Crippen molar-refractivity contribution < 1.29 is 23.5 Å². The average molecular weight is 321 g/mol. The van der Waals surface area contributed by atoms with Crippen molar-refractivity contribution in [3.63, 3.8) is 0 Å². The average Bonchev–Trinajstić information content (AvgIpc) is 2.53. The third-order valence-electron chi connectivity index (χ3n) is 2.81. The van der Waals surface area contributed by atoms with Gasteiger partial charge in [0.05, 0.1) is 13.2 Å². The molecule has 0 bridgehead atoms. The lowest BCUT2D eigenvalue weighted by Crippen LogP contribution is -2.21. The molecule has 0 saturated carbocycles. The van der Waals surface area contributed by atoms with Crippen LogP contribution in [0.1, 0.15) is 26.3 Å². The largest absolute Gasteiger partial charge is 0.462 e. The quantitative estimate of drug-likeness (QED) is 0.362. The highest BCUT2D eigenvalue weighted by Crippen LogP contribution is 2.13. The Morgan fingerprint density at radius 3 is 2.04 bits per heavy atom. The molecule has 0 spiro atoms. The summed E-state index contributed by atoms with van der Waals surface area (Å²) in [5.41, 5.74) is 1.07. The molecule has 6 heteroatoms. The number of halogens is 1. The van der Waals surface area contributed by atoms with Crippen LogP contribution in [-0.2, 0) is 19.1 Å². The van der Waals surface area contributed by atoms with Gasteiger partial charge in [-0.15, -0.1) is 0 Å². The van der Waals surface area contributed by atoms with E-state index in [9.17, 15) is 14.0 Å². The Bertz CT molecular complexity index is 586. The van der Waals surface area contributed by atoms with Crippen molar-refractivity contribution in [3.05, 3.63) is 53.5 Å². The number of carbonyl (C=O) groups excluding carboxylic acids is 2. The lowest BCUT2D eigenvalue weighted by Gasteiger charge is -2.10. The van der Waals surface area contributed by atoms with Gasteiger partial charge in [0.2, 0.25) is 0 Å². The maximum atomic E-state index is 13.0. The zero-order valence-electron chi connectivity index (χ0n) is 13.4. The first-order valence-electron chi connectivity index (χ1n) is 7.26. The zero-order chi connectivity index (χ0) is 17.2. The van der Waals surface area contributed by atoms with Crippen molar-refractivity contribution in [1.82, 2.24) is 5.32 Å².